The highest BCUT2D eigenvalue weighted by atomic mass is 16.3. The fourth-order valence-electron chi connectivity index (χ4n) is 2.84. The molecule has 0 spiro atoms. The van der Waals surface area contributed by atoms with E-state index in [4.69, 9.17) is 0 Å². The Labute approximate surface area is 150 Å². The molecule has 126 valence electrons. The van der Waals surface area contributed by atoms with Crippen molar-refractivity contribution in [2.45, 2.75) is 0 Å². The standard InChI is InChI=1S/C22H16N2O2/c25-19-5-3-4-17(14-19)22(26)13-10-16-8-11-18(12-9-16)24-15-23-20-6-1-2-7-21(20)24/h1-15,25H/b13-10+. The average molecular weight is 340 g/mol. The van der Waals surface area contributed by atoms with Crippen LogP contribution in [0.25, 0.3) is 22.8 Å². The summed E-state index contributed by atoms with van der Waals surface area (Å²) < 4.78 is 2.03. The molecule has 0 atom stereocenters. The van der Waals surface area contributed by atoms with Gasteiger partial charge in [-0.15, -0.1) is 0 Å². The van der Waals surface area contributed by atoms with E-state index in [0.29, 0.717) is 5.56 Å². The maximum atomic E-state index is 12.2. The second kappa shape index (κ2) is 6.69. The molecule has 0 saturated heterocycles. The molecule has 4 aromatic rings. The van der Waals surface area contributed by atoms with Crippen molar-refractivity contribution in [3.05, 3.63) is 96.3 Å². The molecule has 0 aliphatic heterocycles. The maximum Gasteiger partial charge on any atom is 0.185 e. The predicted molar refractivity (Wildman–Crippen MR) is 103 cm³/mol. The Balaban J connectivity index is 1.55. The molecule has 4 nitrogen and oxygen atoms in total. The lowest BCUT2D eigenvalue weighted by Gasteiger charge is -2.04. The number of nitrogens with zero attached hydrogens (tertiary/aromatic N) is 2. The zero-order valence-electron chi connectivity index (χ0n) is 13.9. The van der Waals surface area contributed by atoms with Crippen LogP contribution in [0.2, 0.25) is 0 Å². The van der Waals surface area contributed by atoms with Crippen LogP contribution in [0, 0.1) is 0 Å². The third kappa shape index (κ3) is 3.13. The van der Waals surface area contributed by atoms with Gasteiger partial charge in [0.1, 0.15) is 12.1 Å². The van der Waals surface area contributed by atoms with Gasteiger partial charge >= 0.3 is 0 Å². The van der Waals surface area contributed by atoms with Crippen LogP contribution in [0.4, 0.5) is 0 Å². The molecular formula is C22H16N2O2. The van der Waals surface area contributed by atoms with E-state index in [1.807, 2.05) is 53.1 Å². The predicted octanol–water partition coefficient (Wildman–Crippen LogP) is 4.63. The van der Waals surface area contributed by atoms with Gasteiger partial charge in [0.2, 0.25) is 0 Å². The van der Waals surface area contributed by atoms with Gasteiger partial charge in [0.25, 0.3) is 0 Å². The summed E-state index contributed by atoms with van der Waals surface area (Å²) in [5.74, 6) is -0.0632. The Morgan fingerprint density at radius 2 is 1.77 bits per heavy atom. The minimum Gasteiger partial charge on any atom is -0.508 e. The summed E-state index contributed by atoms with van der Waals surface area (Å²) in [6.07, 6.45) is 5.08. The van der Waals surface area contributed by atoms with E-state index >= 15 is 0 Å². The summed E-state index contributed by atoms with van der Waals surface area (Å²) in [5, 5.41) is 9.46. The average Bonchev–Trinajstić information content (AvgIpc) is 3.11. The van der Waals surface area contributed by atoms with Crippen molar-refractivity contribution in [3.63, 3.8) is 0 Å². The van der Waals surface area contributed by atoms with Crippen LogP contribution in [-0.2, 0) is 0 Å². The first-order chi connectivity index (χ1) is 12.7. The summed E-state index contributed by atoms with van der Waals surface area (Å²) in [6.45, 7) is 0. The molecule has 0 bridgehead atoms. The second-order valence-electron chi connectivity index (χ2n) is 5.94. The highest BCUT2D eigenvalue weighted by molar-refractivity contribution is 6.07. The van der Waals surface area contributed by atoms with Crippen LogP contribution in [0.1, 0.15) is 15.9 Å². The number of carbonyl (C=O) groups excluding carboxylic acids is 1. The first kappa shape index (κ1) is 15.8. The number of phenolic OH excluding ortho intramolecular Hbond substituents is 1. The topological polar surface area (TPSA) is 55.1 Å². The van der Waals surface area contributed by atoms with E-state index in [-0.39, 0.29) is 11.5 Å². The Morgan fingerprint density at radius 1 is 0.962 bits per heavy atom. The van der Waals surface area contributed by atoms with Gasteiger partial charge in [-0.25, -0.2) is 4.98 Å². The number of fused-ring (bicyclic) bond motifs is 1. The van der Waals surface area contributed by atoms with Crippen molar-refractivity contribution in [3.8, 4) is 11.4 Å². The molecule has 0 amide bonds. The normalized spacial score (nSPS) is 11.2. The molecule has 1 aromatic heterocycles. The Hall–Kier alpha value is -3.66. The summed E-state index contributed by atoms with van der Waals surface area (Å²) in [4.78, 5) is 16.6. The number of aromatic hydroxyl groups is 1. The van der Waals surface area contributed by atoms with E-state index in [2.05, 4.69) is 4.98 Å². The molecule has 4 heteroatoms. The molecule has 0 aliphatic carbocycles. The van der Waals surface area contributed by atoms with Crippen molar-refractivity contribution < 1.29 is 9.90 Å². The number of allylic oxidation sites excluding steroid dienone is 1. The zero-order chi connectivity index (χ0) is 17.9. The van der Waals surface area contributed by atoms with Gasteiger partial charge in [-0.3, -0.25) is 9.36 Å². The molecule has 1 N–H and O–H groups in total. The van der Waals surface area contributed by atoms with Crippen molar-refractivity contribution in [1.29, 1.82) is 0 Å². The van der Waals surface area contributed by atoms with Crippen molar-refractivity contribution in [2.24, 2.45) is 0 Å². The molecule has 0 fully saturated rings. The van der Waals surface area contributed by atoms with Gasteiger partial charge in [-0.2, -0.15) is 0 Å². The lowest BCUT2D eigenvalue weighted by molar-refractivity contribution is 0.104. The van der Waals surface area contributed by atoms with E-state index < -0.39 is 0 Å². The molecule has 0 radical (unpaired) electrons. The van der Waals surface area contributed by atoms with Gasteiger partial charge in [-0.1, -0.05) is 42.5 Å². The number of para-hydroxylation sites is 2. The number of rotatable bonds is 4. The third-order valence-corrected chi connectivity index (χ3v) is 4.18. The molecule has 26 heavy (non-hydrogen) atoms. The molecule has 0 aliphatic rings. The fourth-order valence-corrected chi connectivity index (χ4v) is 2.84. The summed E-state index contributed by atoms with van der Waals surface area (Å²) in [5.41, 5.74) is 4.40. The molecular weight excluding hydrogens is 324 g/mol. The number of hydrogen-bond acceptors (Lipinski definition) is 3. The quantitative estimate of drug-likeness (QED) is 0.435. The number of aromatic nitrogens is 2. The largest absolute Gasteiger partial charge is 0.508 e. The van der Waals surface area contributed by atoms with Crippen LogP contribution in [0.5, 0.6) is 5.75 Å². The first-order valence-electron chi connectivity index (χ1n) is 8.25. The minimum atomic E-state index is -0.148. The Bertz CT molecular complexity index is 1110. The molecule has 0 saturated carbocycles. The smallest absolute Gasteiger partial charge is 0.185 e. The highest BCUT2D eigenvalue weighted by Crippen LogP contribution is 2.19. The summed E-state index contributed by atoms with van der Waals surface area (Å²) in [7, 11) is 0. The van der Waals surface area contributed by atoms with Crippen molar-refractivity contribution >= 4 is 22.9 Å². The summed E-state index contributed by atoms with van der Waals surface area (Å²) >= 11 is 0. The van der Waals surface area contributed by atoms with Crippen molar-refractivity contribution in [1.82, 2.24) is 9.55 Å². The fraction of sp³-hybridized carbons (Fsp3) is 0. The van der Waals surface area contributed by atoms with E-state index in [0.717, 1.165) is 22.3 Å². The molecule has 3 aromatic carbocycles. The highest BCUT2D eigenvalue weighted by Gasteiger charge is 2.04. The zero-order valence-corrected chi connectivity index (χ0v) is 13.9. The first-order valence-corrected chi connectivity index (χ1v) is 8.25. The Kier molecular flexibility index (Phi) is 4.07. The van der Waals surface area contributed by atoms with E-state index in [9.17, 15) is 9.90 Å². The number of phenols is 1. The number of hydrogen-bond donors (Lipinski definition) is 1. The third-order valence-electron chi connectivity index (χ3n) is 4.18. The molecule has 4 rings (SSSR count). The molecule has 1 heterocycles. The van der Waals surface area contributed by atoms with Gasteiger partial charge in [0.15, 0.2) is 5.78 Å². The van der Waals surface area contributed by atoms with Gasteiger partial charge in [0, 0.05) is 11.3 Å². The molecule has 0 unspecified atom stereocenters. The van der Waals surface area contributed by atoms with Crippen LogP contribution in [-0.4, -0.2) is 20.4 Å². The number of benzene rings is 3. The van der Waals surface area contributed by atoms with Gasteiger partial charge in [0.05, 0.1) is 11.0 Å². The summed E-state index contributed by atoms with van der Waals surface area (Å²) in [6, 6.07) is 22.2. The van der Waals surface area contributed by atoms with Crippen LogP contribution >= 0.6 is 0 Å². The van der Waals surface area contributed by atoms with Crippen LogP contribution in [0.15, 0.2) is 85.2 Å². The van der Waals surface area contributed by atoms with Crippen LogP contribution in [0.3, 0.4) is 0 Å². The van der Waals surface area contributed by atoms with Crippen LogP contribution < -0.4 is 0 Å². The second-order valence-corrected chi connectivity index (χ2v) is 5.94. The lowest BCUT2D eigenvalue weighted by atomic mass is 10.1. The van der Waals surface area contributed by atoms with E-state index in [1.54, 1.807) is 30.6 Å². The van der Waals surface area contributed by atoms with Gasteiger partial charge < -0.3 is 5.11 Å². The lowest BCUT2D eigenvalue weighted by Crippen LogP contribution is -1.93. The van der Waals surface area contributed by atoms with Crippen molar-refractivity contribution in [2.75, 3.05) is 0 Å². The monoisotopic (exact) mass is 340 g/mol. The minimum absolute atomic E-state index is 0.0844. The van der Waals surface area contributed by atoms with E-state index in [1.165, 1.54) is 12.1 Å². The maximum absolute atomic E-state index is 12.2. The number of imidazole rings is 1. The Morgan fingerprint density at radius 3 is 2.58 bits per heavy atom. The number of ketones is 1. The SMILES string of the molecule is O=C(/C=C/c1ccc(-n2cnc3ccccc32)cc1)c1cccc(O)c1. The number of carbonyl (C=O) groups is 1. The van der Waals surface area contributed by atoms with Gasteiger partial charge in [-0.05, 0) is 48.0 Å².